The number of thiazole rings is 1. The number of nitrogens with zero attached hydrogens (tertiary/aromatic N) is 2. The fourth-order valence-electron chi connectivity index (χ4n) is 1.52. The molecule has 0 radical (unpaired) electrons. The molecule has 0 spiro atoms. The maximum Gasteiger partial charge on any atom is 0.242 e. The number of aromatic nitrogens is 2. The molecule has 0 aliphatic carbocycles. The average Bonchev–Trinajstić information content (AvgIpc) is 2.84. The van der Waals surface area contributed by atoms with E-state index in [1.807, 2.05) is 12.3 Å². The van der Waals surface area contributed by atoms with Crippen molar-refractivity contribution >= 4 is 27.2 Å². The summed E-state index contributed by atoms with van der Waals surface area (Å²) in [6.45, 7) is 2.20. The molecule has 0 aliphatic heterocycles. The van der Waals surface area contributed by atoms with Crippen molar-refractivity contribution < 1.29 is 8.42 Å². The summed E-state index contributed by atoms with van der Waals surface area (Å²) in [5.41, 5.74) is 3.29. The Morgan fingerprint density at radius 3 is 2.75 bits per heavy atom. The lowest BCUT2D eigenvalue weighted by Gasteiger charge is -2.06. The molecule has 0 saturated heterocycles. The summed E-state index contributed by atoms with van der Waals surface area (Å²) in [6.07, 6.45) is 1.82. The van der Waals surface area contributed by atoms with Crippen LogP contribution < -0.4 is 16.0 Å². The minimum Gasteiger partial charge on any atom is -0.308 e. The fraction of sp³-hybridized carbons (Fsp3) is 0.273. The molecule has 108 valence electrons. The highest BCUT2D eigenvalue weighted by atomic mass is 32.2. The molecular weight excluding hydrogens is 298 g/mol. The second kappa shape index (κ2) is 6.27. The first-order valence-electron chi connectivity index (χ1n) is 5.84. The summed E-state index contributed by atoms with van der Waals surface area (Å²) < 4.78 is 26.5. The molecule has 0 unspecified atom stereocenters. The molecular formula is C11H15N5O2S2. The van der Waals surface area contributed by atoms with E-state index in [4.69, 9.17) is 5.84 Å². The van der Waals surface area contributed by atoms with Gasteiger partial charge < -0.3 is 5.43 Å². The summed E-state index contributed by atoms with van der Waals surface area (Å²) in [5.74, 6) is 5.58. The van der Waals surface area contributed by atoms with Crippen LogP contribution in [0.3, 0.4) is 0 Å². The van der Waals surface area contributed by atoms with Crippen molar-refractivity contribution in [1.82, 2.24) is 14.7 Å². The highest BCUT2D eigenvalue weighted by Gasteiger charge is 2.14. The first kappa shape index (κ1) is 14.9. The number of nitrogens with two attached hydrogens (primary N) is 1. The molecule has 20 heavy (non-hydrogen) atoms. The minimum atomic E-state index is -3.55. The van der Waals surface area contributed by atoms with Gasteiger partial charge in [0.1, 0.15) is 10.7 Å². The molecule has 2 rings (SSSR count). The van der Waals surface area contributed by atoms with Gasteiger partial charge in [-0.25, -0.2) is 29.0 Å². The first-order chi connectivity index (χ1) is 9.51. The van der Waals surface area contributed by atoms with Crippen LogP contribution in [0.2, 0.25) is 0 Å². The molecule has 9 heteroatoms. The van der Waals surface area contributed by atoms with Gasteiger partial charge in [-0.1, -0.05) is 0 Å². The Hall–Kier alpha value is -1.55. The van der Waals surface area contributed by atoms with Crippen LogP contribution in [0, 0.1) is 6.92 Å². The normalized spacial score (nSPS) is 11.5. The molecule has 0 atom stereocenters. The average molecular weight is 313 g/mol. The number of rotatable bonds is 6. The number of nitrogen functional groups attached to an aromatic ring is 1. The second-order valence-corrected chi connectivity index (χ2v) is 6.76. The van der Waals surface area contributed by atoms with E-state index in [0.29, 0.717) is 18.8 Å². The lowest BCUT2D eigenvalue weighted by molar-refractivity contribution is 0.581. The van der Waals surface area contributed by atoms with Gasteiger partial charge in [0.2, 0.25) is 10.0 Å². The van der Waals surface area contributed by atoms with E-state index in [-0.39, 0.29) is 4.90 Å². The lowest BCUT2D eigenvalue weighted by Crippen LogP contribution is -2.26. The molecule has 0 fully saturated rings. The zero-order valence-corrected chi connectivity index (χ0v) is 12.5. The van der Waals surface area contributed by atoms with Crippen LogP contribution in [0.5, 0.6) is 0 Å². The number of hydrogen-bond donors (Lipinski definition) is 3. The van der Waals surface area contributed by atoms with E-state index in [0.717, 1.165) is 10.7 Å². The third kappa shape index (κ3) is 3.73. The fourth-order valence-corrected chi connectivity index (χ4v) is 3.27. The molecule has 0 bridgehead atoms. The number of aryl methyl sites for hydroxylation is 1. The van der Waals surface area contributed by atoms with Crippen LogP contribution in [-0.4, -0.2) is 24.9 Å². The van der Waals surface area contributed by atoms with E-state index in [1.165, 1.54) is 29.7 Å². The van der Waals surface area contributed by atoms with Gasteiger partial charge in [0.05, 0.1) is 5.01 Å². The monoisotopic (exact) mass is 313 g/mol. The van der Waals surface area contributed by atoms with Crippen LogP contribution in [0.25, 0.3) is 0 Å². The quantitative estimate of drug-likeness (QED) is 0.533. The van der Waals surface area contributed by atoms with Gasteiger partial charge in [-0.2, -0.15) is 0 Å². The Balaban J connectivity index is 1.96. The van der Waals surface area contributed by atoms with Gasteiger partial charge in [0, 0.05) is 30.2 Å². The van der Waals surface area contributed by atoms with Crippen LogP contribution >= 0.6 is 11.3 Å². The largest absolute Gasteiger partial charge is 0.308 e. The van der Waals surface area contributed by atoms with Crippen molar-refractivity contribution in [2.75, 3.05) is 12.0 Å². The molecule has 0 amide bonds. The summed E-state index contributed by atoms with van der Waals surface area (Å²) in [4.78, 5) is 8.25. The van der Waals surface area contributed by atoms with Crippen molar-refractivity contribution in [1.29, 1.82) is 0 Å². The van der Waals surface area contributed by atoms with Crippen molar-refractivity contribution in [3.63, 3.8) is 0 Å². The Labute approximate surface area is 121 Å². The number of sulfonamides is 1. The number of anilines is 1. The highest BCUT2D eigenvalue weighted by molar-refractivity contribution is 7.89. The summed E-state index contributed by atoms with van der Waals surface area (Å²) in [7, 11) is -3.55. The zero-order chi connectivity index (χ0) is 14.6. The Morgan fingerprint density at radius 1 is 1.40 bits per heavy atom. The van der Waals surface area contributed by atoms with Crippen molar-refractivity contribution in [3.05, 3.63) is 34.4 Å². The van der Waals surface area contributed by atoms with E-state index >= 15 is 0 Å². The first-order valence-corrected chi connectivity index (χ1v) is 8.21. The van der Waals surface area contributed by atoms with Gasteiger partial charge in [-0.05, 0) is 19.1 Å². The zero-order valence-electron chi connectivity index (χ0n) is 10.8. The Bertz CT molecular complexity index is 666. The molecule has 0 aromatic carbocycles. The summed E-state index contributed by atoms with van der Waals surface area (Å²) in [5, 5.41) is 2.85. The lowest BCUT2D eigenvalue weighted by atomic mass is 10.4. The molecule has 0 aliphatic rings. The molecule has 4 N–H and O–H groups in total. The Kier molecular flexibility index (Phi) is 4.65. The van der Waals surface area contributed by atoms with Gasteiger partial charge in [-0.3, -0.25) is 0 Å². The van der Waals surface area contributed by atoms with Crippen molar-refractivity contribution in [2.45, 2.75) is 18.2 Å². The van der Waals surface area contributed by atoms with Crippen molar-refractivity contribution in [2.24, 2.45) is 5.84 Å². The van der Waals surface area contributed by atoms with Crippen molar-refractivity contribution in [3.8, 4) is 0 Å². The summed E-state index contributed by atoms with van der Waals surface area (Å²) in [6, 6.07) is 2.94. The van der Waals surface area contributed by atoms with Gasteiger partial charge in [0.25, 0.3) is 0 Å². The topological polar surface area (TPSA) is 110 Å². The SMILES string of the molecule is Cc1csc(CCNS(=O)(=O)c2ccc(NN)nc2)n1. The second-order valence-electron chi connectivity index (χ2n) is 4.05. The molecule has 2 heterocycles. The summed E-state index contributed by atoms with van der Waals surface area (Å²) >= 11 is 1.52. The molecule has 2 aromatic rings. The predicted molar refractivity (Wildman–Crippen MR) is 77.8 cm³/mol. The maximum atomic E-state index is 12.0. The van der Waals surface area contributed by atoms with Crippen LogP contribution in [-0.2, 0) is 16.4 Å². The maximum absolute atomic E-state index is 12.0. The standard InChI is InChI=1S/C11H15N5O2S2/c1-8-7-19-11(15-8)4-5-14-20(17,18)9-2-3-10(16-12)13-6-9/h2-3,6-7,14H,4-5,12H2,1H3,(H,13,16). The predicted octanol–water partition coefficient (Wildman–Crippen LogP) is 0.653. The minimum absolute atomic E-state index is 0.104. The van der Waals surface area contributed by atoms with E-state index < -0.39 is 10.0 Å². The van der Waals surface area contributed by atoms with Gasteiger partial charge in [0.15, 0.2) is 0 Å². The van der Waals surface area contributed by atoms with E-state index in [1.54, 1.807) is 0 Å². The third-order valence-corrected chi connectivity index (χ3v) is 4.96. The number of hydrogen-bond acceptors (Lipinski definition) is 7. The third-order valence-electron chi connectivity index (χ3n) is 2.49. The smallest absolute Gasteiger partial charge is 0.242 e. The van der Waals surface area contributed by atoms with Gasteiger partial charge in [-0.15, -0.1) is 11.3 Å². The highest BCUT2D eigenvalue weighted by Crippen LogP contribution is 2.11. The van der Waals surface area contributed by atoms with Crippen LogP contribution in [0.1, 0.15) is 10.7 Å². The number of nitrogens with one attached hydrogen (secondary N) is 2. The molecule has 0 saturated carbocycles. The number of pyridine rings is 1. The Morgan fingerprint density at radius 2 is 2.20 bits per heavy atom. The van der Waals surface area contributed by atoms with E-state index in [9.17, 15) is 8.42 Å². The van der Waals surface area contributed by atoms with Gasteiger partial charge >= 0.3 is 0 Å². The van der Waals surface area contributed by atoms with Crippen LogP contribution in [0.15, 0.2) is 28.6 Å². The van der Waals surface area contributed by atoms with E-state index in [2.05, 4.69) is 20.1 Å². The molecule has 2 aromatic heterocycles. The number of hydrazine groups is 1. The van der Waals surface area contributed by atoms with Crippen LogP contribution in [0.4, 0.5) is 5.82 Å². The molecule has 7 nitrogen and oxygen atoms in total.